The fourth-order valence-corrected chi connectivity index (χ4v) is 8.24. The van der Waals surface area contributed by atoms with Crippen LogP contribution in [0, 0.1) is 11.8 Å². The van der Waals surface area contributed by atoms with Gasteiger partial charge in [-0.3, -0.25) is 52.9 Å². The normalized spacial score (nSPS) is 27.2. The number of nitrogens with two attached hydrogens (primary N) is 3. The van der Waals surface area contributed by atoms with Crippen LogP contribution in [0.15, 0.2) is 4.99 Å². The first-order valence-electron chi connectivity index (χ1n) is 19.5. The van der Waals surface area contributed by atoms with E-state index in [0.717, 1.165) is 21.6 Å². The smallest absolute Gasteiger partial charge is 0.305 e. The van der Waals surface area contributed by atoms with E-state index in [-0.39, 0.29) is 49.2 Å². The lowest BCUT2D eigenvalue weighted by atomic mass is 9.96. The summed E-state index contributed by atoms with van der Waals surface area (Å²) >= 11 is 0. The van der Waals surface area contributed by atoms with Gasteiger partial charge in [-0.2, -0.15) is 0 Å². The lowest BCUT2D eigenvalue weighted by molar-refractivity contribution is -0.142. The Kier molecular flexibility index (Phi) is 21.6. The van der Waals surface area contributed by atoms with Gasteiger partial charge in [0, 0.05) is 18.1 Å². The minimum atomic E-state index is -1.75. The van der Waals surface area contributed by atoms with Crippen LogP contribution < -0.4 is 59.7 Å². The van der Waals surface area contributed by atoms with Crippen molar-refractivity contribution in [3.05, 3.63) is 0 Å². The third-order valence-electron chi connectivity index (χ3n) is 9.40. The van der Waals surface area contributed by atoms with Crippen molar-refractivity contribution in [2.45, 2.75) is 115 Å². The number of carbonyl (C=O) groups excluding carboxylic acids is 9. The van der Waals surface area contributed by atoms with Gasteiger partial charge in [0.05, 0.1) is 19.4 Å². The van der Waals surface area contributed by atoms with Crippen molar-refractivity contribution in [1.82, 2.24) is 42.5 Å². The summed E-state index contributed by atoms with van der Waals surface area (Å²) in [7, 11) is 2.20. The fourth-order valence-electron chi connectivity index (χ4n) is 5.91. The highest BCUT2D eigenvalue weighted by molar-refractivity contribution is 8.76. The number of guanidine groups is 1. The highest BCUT2D eigenvalue weighted by atomic mass is 33.1. The first kappa shape index (κ1) is 51.8. The van der Waals surface area contributed by atoms with Crippen molar-refractivity contribution >= 4 is 86.7 Å². The molecular formula is C35H58N12O12S2. The number of aliphatic hydroxyl groups excluding tert-OH is 1. The van der Waals surface area contributed by atoms with Crippen molar-refractivity contribution in [1.29, 1.82) is 0 Å². The maximum absolute atomic E-state index is 13.9. The molecule has 0 radical (unpaired) electrons. The molecule has 9 amide bonds. The molecule has 0 unspecified atom stereocenters. The summed E-state index contributed by atoms with van der Waals surface area (Å²) in [5.41, 5.74) is 16.2. The number of carboxylic acid groups (broad SMARTS) is 1. The number of amides is 9. The molecule has 2 aliphatic heterocycles. The predicted octanol–water partition coefficient (Wildman–Crippen LogP) is -5.24. The molecule has 61 heavy (non-hydrogen) atoms. The average molecular weight is 903 g/mol. The van der Waals surface area contributed by atoms with Gasteiger partial charge in [-0.15, -0.1) is 0 Å². The van der Waals surface area contributed by atoms with Crippen LogP contribution in [-0.2, 0) is 47.9 Å². The number of aliphatic imine (C=N–C) groups is 1. The van der Waals surface area contributed by atoms with Gasteiger partial charge in [0.25, 0.3) is 0 Å². The van der Waals surface area contributed by atoms with E-state index in [4.69, 9.17) is 17.2 Å². The minimum Gasteiger partial charge on any atom is -0.481 e. The minimum absolute atomic E-state index is 0.00622. The predicted molar refractivity (Wildman–Crippen MR) is 222 cm³/mol. The van der Waals surface area contributed by atoms with Crippen LogP contribution in [0.25, 0.3) is 0 Å². The molecule has 2 rings (SSSR count). The number of hydrogen-bond donors (Lipinski definition) is 13. The first-order valence-corrected chi connectivity index (χ1v) is 22.0. The zero-order valence-corrected chi connectivity index (χ0v) is 36.0. The summed E-state index contributed by atoms with van der Waals surface area (Å²) in [5, 5.41) is 39.2. The van der Waals surface area contributed by atoms with E-state index < -0.39 is 133 Å². The number of fused-ring (bicyclic) bond motifs is 3. The summed E-state index contributed by atoms with van der Waals surface area (Å²) in [6, 6.07) is -12.1. The highest BCUT2D eigenvalue weighted by Gasteiger charge is 2.38. The Morgan fingerprint density at radius 2 is 1.11 bits per heavy atom. The van der Waals surface area contributed by atoms with E-state index >= 15 is 0 Å². The number of primary amides is 1. The lowest BCUT2D eigenvalue weighted by Crippen LogP contribution is -2.63. The third-order valence-corrected chi connectivity index (χ3v) is 11.8. The quantitative estimate of drug-likeness (QED) is 0.0355. The Bertz CT molecular complexity index is 1670. The average Bonchev–Trinajstić information content (AvgIpc) is 3.17. The number of nitrogens with one attached hydrogen (secondary N) is 8. The van der Waals surface area contributed by atoms with E-state index in [9.17, 15) is 58.2 Å². The molecule has 16 N–H and O–H groups in total. The van der Waals surface area contributed by atoms with Crippen LogP contribution in [0.1, 0.15) is 66.2 Å². The van der Waals surface area contributed by atoms with Crippen LogP contribution in [0.3, 0.4) is 0 Å². The van der Waals surface area contributed by atoms with Crippen molar-refractivity contribution in [2.24, 2.45) is 34.0 Å². The van der Waals surface area contributed by atoms with E-state index in [0.29, 0.717) is 6.42 Å². The molecule has 2 heterocycles. The van der Waals surface area contributed by atoms with Gasteiger partial charge < -0.3 is 69.9 Å². The molecule has 0 saturated carbocycles. The molecule has 0 aromatic rings. The number of rotatable bonds is 13. The molecule has 9 atom stereocenters. The lowest BCUT2D eigenvalue weighted by Gasteiger charge is -2.30. The van der Waals surface area contributed by atoms with Gasteiger partial charge in [0.1, 0.15) is 48.3 Å². The van der Waals surface area contributed by atoms with Crippen molar-refractivity contribution in [3.8, 4) is 0 Å². The molecule has 24 nitrogen and oxygen atoms in total. The molecule has 0 aromatic carbocycles. The summed E-state index contributed by atoms with van der Waals surface area (Å²) in [6.07, 6.45) is -1.51. The standard InChI is InChI=1S/C35H58N12O12S2/c1-5-16(4)26-34(59)43-20(11-25(50)51)29(54)45-23-14-61-60-13-22(46-33(23)58)32(57)44-21(12-48)31(56)40-17(7-6-8-39-35(37)38)27(52)42-19(10-24(36)49)28(53)41-18(9-15(2)3)30(55)47-26/h15-23,26,48H,5-14H2,1-4H3,(H2,36,49)(H,40,56)(H,41,53)(H,42,52)(H,43,59)(H,44,57)(H,45,54)(H,46,58)(H,47,55)(H,50,51)(H4,37,38,39)/t16-,17-,18-,19-,20-,21-,22-,23-,26-/m0/s1. The summed E-state index contributed by atoms with van der Waals surface area (Å²) in [5.74, 6) is -11.6. The summed E-state index contributed by atoms with van der Waals surface area (Å²) in [6.45, 7) is 5.78. The molecule has 0 aliphatic carbocycles. The Balaban J connectivity index is 2.69. The van der Waals surface area contributed by atoms with Gasteiger partial charge in [0.2, 0.25) is 53.2 Å². The van der Waals surface area contributed by atoms with E-state index in [1.165, 1.54) is 0 Å². The van der Waals surface area contributed by atoms with Crippen molar-refractivity contribution in [2.75, 3.05) is 24.7 Å². The fraction of sp³-hybridized carbons (Fsp3) is 0.686. The molecule has 0 aromatic heterocycles. The van der Waals surface area contributed by atoms with Gasteiger partial charge in [-0.05, 0) is 31.1 Å². The molecule has 342 valence electrons. The molecule has 2 saturated heterocycles. The zero-order chi connectivity index (χ0) is 46.0. The number of carboxylic acids is 1. The Morgan fingerprint density at radius 3 is 1.66 bits per heavy atom. The van der Waals surface area contributed by atoms with Crippen LogP contribution in [0.4, 0.5) is 0 Å². The number of nitrogens with zero attached hydrogens (tertiary/aromatic N) is 1. The SMILES string of the molecule is CC[C@H](C)[C@@H]1NC(=O)[C@H](CC(C)C)NC(=O)[C@H](CC(N)=O)NC(=O)[C@H](CCCN=C(N)N)NC(=O)[C@H](CO)NC(=O)[C@@H]2CSSC[C@H](NC(=O)[C@H](CC(=O)O)NC1=O)C(=O)N2. The largest absolute Gasteiger partial charge is 0.481 e. The maximum atomic E-state index is 13.9. The van der Waals surface area contributed by atoms with Crippen molar-refractivity contribution < 1.29 is 58.2 Å². The number of aliphatic carboxylic acids is 1. The number of hydrogen-bond acceptors (Lipinski definition) is 14. The Hall–Kier alpha value is -5.37. The van der Waals surface area contributed by atoms with Crippen LogP contribution in [-0.4, -0.2) is 148 Å². The second-order valence-corrected chi connectivity index (χ2v) is 17.5. The zero-order valence-electron chi connectivity index (χ0n) is 34.3. The van der Waals surface area contributed by atoms with Crippen LogP contribution in [0.2, 0.25) is 0 Å². The van der Waals surface area contributed by atoms with Crippen LogP contribution >= 0.6 is 21.6 Å². The molecule has 2 aliphatic rings. The topological polar surface area (TPSA) is 398 Å². The van der Waals surface area contributed by atoms with Crippen molar-refractivity contribution in [3.63, 3.8) is 0 Å². The van der Waals surface area contributed by atoms with Gasteiger partial charge >= 0.3 is 5.97 Å². The summed E-state index contributed by atoms with van der Waals surface area (Å²) in [4.78, 5) is 137. The number of aliphatic hydroxyl groups is 1. The maximum Gasteiger partial charge on any atom is 0.305 e. The molecule has 2 fully saturated rings. The van der Waals surface area contributed by atoms with Gasteiger partial charge in [0.15, 0.2) is 5.96 Å². The second-order valence-electron chi connectivity index (χ2n) is 14.9. The monoisotopic (exact) mass is 902 g/mol. The van der Waals surface area contributed by atoms with E-state index in [1.54, 1.807) is 27.7 Å². The van der Waals surface area contributed by atoms with Crippen LogP contribution in [0.5, 0.6) is 0 Å². The first-order chi connectivity index (χ1) is 28.7. The number of carbonyl (C=O) groups is 10. The summed E-state index contributed by atoms with van der Waals surface area (Å²) < 4.78 is 0. The Morgan fingerprint density at radius 1 is 0.656 bits per heavy atom. The van der Waals surface area contributed by atoms with Gasteiger partial charge in [-0.25, -0.2) is 0 Å². The molecule has 2 bridgehead atoms. The Labute approximate surface area is 359 Å². The van der Waals surface area contributed by atoms with E-state index in [1.807, 2.05) is 0 Å². The molecule has 0 spiro atoms. The van der Waals surface area contributed by atoms with Gasteiger partial charge in [-0.1, -0.05) is 55.7 Å². The second kappa shape index (κ2) is 25.4. The molecule has 26 heteroatoms. The van der Waals surface area contributed by atoms with E-state index in [2.05, 4.69) is 47.5 Å². The third kappa shape index (κ3) is 17.6. The molecular weight excluding hydrogens is 845 g/mol. The highest BCUT2D eigenvalue weighted by Crippen LogP contribution is 2.25.